The van der Waals surface area contributed by atoms with Crippen LogP contribution >= 0.6 is 46.7 Å². The van der Waals surface area contributed by atoms with Gasteiger partial charge in [0.25, 0.3) is 0 Å². The molecule has 3 rings (SSSR count). The lowest BCUT2D eigenvalue weighted by atomic mass is 10.2. The van der Waals surface area contributed by atoms with Gasteiger partial charge in [-0.1, -0.05) is 30.3 Å². The molecule has 3 aromatic rings. The van der Waals surface area contributed by atoms with E-state index in [0.717, 1.165) is 47.4 Å². The van der Waals surface area contributed by atoms with E-state index in [1.807, 2.05) is 18.2 Å². The van der Waals surface area contributed by atoms with Crippen molar-refractivity contribution in [1.29, 1.82) is 0 Å². The summed E-state index contributed by atoms with van der Waals surface area (Å²) in [4.78, 5) is 15.2. The molecular weight excluding hydrogens is 501 g/mol. The van der Waals surface area contributed by atoms with Gasteiger partial charge in [0, 0.05) is 35.3 Å². The van der Waals surface area contributed by atoms with Crippen molar-refractivity contribution in [3.63, 3.8) is 0 Å². The topological polar surface area (TPSA) is 62.2 Å². The second kappa shape index (κ2) is 11.5. The number of hydrogen-bond donors (Lipinski definition) is 2. The molecule has 0 bridgehead atoms. The van der Waals surface area contributed by atoms with Gasteiger partial charge in [-0.3, -0.25) is 0 Å². The molecule has 0 atom stereocenters. The van der Waals surface area contributed by atoms with Gasteiger partial charge in [0.2, 0.25) is 0 Å². The number of nitrogens with zero attached hydrogens (tertiary/aromatic N) is 3. The van der Waals surface area contributed by atoms with Gasteiger partial charge in [-0.2, -0.15) is 0 Å². The molecule has 2 N–H and O–H groups in total. The van der Waals surface area contributed by atoms with E-state index in [0.29, 0.717) is 6.54 Å². The second-order valence-electron chi connectivity index (χ2n) is 6.13. The summed E-state index contributed by atoms with van der Waals surface area (Å²) in [5, 5.41) is 11.0. The minimum atomic E-state index is 0. The van der Waals surface area contributed by atoms with Crippen molar-refractivity contribution in [2.75, 3.05) is 13.1 Å². The van der Waals surface area contributed by atoms with E-state index < -0.39 is 0 Å². The van der Waals surface area contributed by atoms with Crippen molar-refractivity contribution in [2.45, 2.75) is 33.7 Å². The van der Waals surface area contributed by atoms with Crippen LogP contribution in [-0.2, 0) is 13.0 Å². The quantitative estimate of drug-likeness (QED) is 0.263. The molecule has 28 heavy (non-hydrogen) atoms. The van der Waals surface area contributed by atoms with E-state index in [1.54, 1.807) is 22.7 Å². The Kier molecular flexibility index (Phi) is 9.33. The Bertz CT molecular complexity index is 870. The van der Waals surface area contributed by atoms with E-state index in [2.05, 4.69) is 58.9 Å². The highest BCUT2D eigenvalue weighted by atomic mass is 127. The molecule has 8 heteroatoms. The molecule has 0 saturated carbocycles. The minimum absolute atomic E-state index is 0. The number of benzene rings is 1. The van der Waals surface area contributed by atoms with Crippen molar-refractivity contribution in [2.24, 2.45) is 4.99 Å². The zero-order chi connectivity index (χ0) is 19.1. The normalized spacial score (nSPS) is 11.2. The van der Waals surface area contributed by atoms with Crippen molar-refractivity contribution in [3.8, 4) is 10.6 Å². The van der Waals surface area contributed by atoms with Gasteiger partial charge in [0.15, 0.2) is 5.96 Å². The summed E-state index contributed by atoms with van der Waals surface area (Å²) in [5.41, 5.74) is 3.27. The summed E-state index contributed by atoms with van der Waals surface area (Å²) in [7, 11) is 0. The molecule has 5 nitrogen and oxygen atoms in total. The Hall–Kier alpha value is -1.52. The SMILES string of the molecule is CCNC(=NCc1csc(-c2ccccc2)n1)NCCc1nc(C)c(C)s1.I. The fraction of sp³-hybridized carbons (Fsp3) is 0.350. The molecule has 0 fully saturated rings. The lowest BCUT2D eigenvalue weighted by molar-refractivity contribution is 0.793. The first-order valence-corrected chi connectivity index (χ1v) is 10.8. The molecule has 0 amide bonds. The van der Waals surface area contributed by atoms with Crippen molar-refractivity contribution >= 4 is 52.6 Å². The van der Waals surface area contributed by atoms with Crippen LogP contribution in [0.4, 0.5) is 0 Å². The Morgan fingerprint density at radius 1 is 1.11 bits per heavy atom. The van der Waals surface area contributed by atoms with Gasteiger partial charge >= 0.3 is 0 Å². The van der Waals surface area contributed by atoms with Gasteiger partial charge in [-0.25, -0.2) is 15.0 Å². The van der Waals surface area contributed by atoms with Gasteiger partial charge in [0.1, 0.15) is 5.01 Å². The van der Waals surface area contributed by atoms with Crippen LogP contribution in [0.5, 0.6) is 0 Å². The van der Waals surface area contributed by atoms with Gasteiger partial charge in [-0.15, -0.1) is 46.7 Å². The van der Waals surface area contributed by atoms with Crippen LogP contribution in [0, 0.1) is 13.8 Å². The first-order chi connectivity index (χ1) is 13.2. The largest absolute Gasteiger partial charge is 0.357 e. The fourth-order valence-corrected chi connectivity index (χ4v) is 4.28. The molecule has 0 spiro atoms. The first-order valence-electron chi connectivity index (χ1n) is 9.10. The third-order valence-electron chi connectivity index (χ3n) is 4.02. The summed E-state index contributed by atoms with van der Waals surface area (Å²) < 4.78 is 0. The summed E-state index contributed by atoms with van der Waals surface area (Å²) in [6.07, 6.45) is 0.901. The van der Waals surface area contributed by atoms with Crippen LogP contribution in [-0.4, -0.2) is 29.0 Å². The number of halogens is 1. The third-order valence-corrected chi connectivity index (χ3v) is 6.09. The monoisotopic (exact) mass is 527 g/mol. The van der Waals surface area contributed by atoms with E-state index in [4.69, 9.17) is 4.98 Å². The van der Waals surface area contributed by atoms with Gasteiger partial charge < -0.3 is 10.6 Å². The Labute approximate surface area is 191 Å². The number of guanidine groups is 1. The number of nitrogens with one attached hydrogen (secondary N) is 2. The van der Waals surface area contributed by atoms with Crippen LogP contribution in [0.2, 0.25) is 0 Å². The third kappa shape index (κ3) is 6.52. The van der Waals surface area contributed by atoms with Crippen LogP contribution in [0.1, 0.15) is 28.2 Å². The Morgan fingerprint density at radius 3 is 2.57 bits per heavy atom. The Balaban J connectivity index is 0.00000280. The maximum atomic E-state index is 4.70. The zero-order valence-electron chi connectivity index (χ0n) is 16.4. The average molecular weight is 528 g/mol. The molecule has 2 aromatic heterocycles. The maximum Gasteiger partial charge on any atom is 0.191 e. The van der Waals surface area contributed by atoms with Crippen LogP contribution < -0.4 is 10.6 Å². The van der Waals surface area contributed by atoms with Crippen LogP contribution in [0.15, 0.2) is 40.7 Å². The van der Waals surface area contributed by atoms with Gasteiger partial charge in [-0.05, 0) is 20.8 Å². The zero-order valence-corrected chi connectivity index (χ0v) is 20.3. The lowest BCUT2D eigenvalue weighted by Gasteiger charge is -2.10. The smallest absolute Gasteiger partial charge is 0.191 e. The van der Waals surface area contributed by atoms with E-state index >= 15 is 0 Å². The first kappa shape index (κ1) is 22.8. The molecule has 0 saturated heterocycles. The highest BCUT2D eigenvalue weighted by Gasteiger charge is 2.06. The molecule has 0 aliphatic heterocycles. The number of aromatic nitrogens is 2. The molecule has 0 unspecified atom stereocenters. The fourth-order valence-electron chi connectivity index (χ4n) is 2.53. The number of rotatable bonds is 7. The highest BCUT2D eigenvalue weighted by Crippen LogP contribution is 2.23. The molecule has 1 aromatic carbocycles. The predicted molar refractivity (Wildman–Crippen MR) is 131 cm³/mol. The summed E-state index contributed by atoms with van der Waals surface area (Å²) in [5.74, 6) is 0.816. The maximum absolute atomic E-state index is 4.70. The standard InChI is InChI=1S/C20H25N5S2.HI/c1-4-21-20(22-11-10-18-24-14(2)15(3)27-18)23-12-17-13-26-19(25-17)16-8-6-5-7-9-16;/h5-9,13H,4,10-12H2,1-3H3,(H2,21,22,23);1H. The van der Waals surface area contributed by atoms with E-state index in [1.165, 1.54) is 9.88 Å². The molecule has 0 radical (unpaired) electrons. The van der Waals surface area contributed by atoms with Crippen LogP contribution in [0.25, 0.3) is 10.6 Å². The van der Waals surface area contributed by atoms with Gasteiger partial charge in [0.05, 0.1) is 22.9 Å². The Morgan fingerprint density at radius 2 is 1.89 bits per heavy atom. The van der Waals surface area contributed by atoms with Crippen molar-refractivity contribution < 1.29 is 0 Å². The second-order valence-corrected chi connectivity index (χ2v) is 8.28. The molecule has 0 aliphatic carbocycles. The number of aryl methyl sites for hydroxylation is 2. The number of hydrogen-bond acceptors (Lipinski definition) is 5. The average Bonchev–Trinajstić information content (AvgIpc) is 3.27. The molecule has 2 heterocycles. The summed E-state index contributed by atoms with van der Waals surface area (Å²) >= 11 is 3.43. The van der Waals surface area contributed by atoms with Crippen molar-refractivity contribution in [1.82, 2.24) is 20.6 Å². The number of thiazole rings is 2. The number of aliphatic imine (C=N–C) groups is 1. The van der Waals surface area contributed by atoms with Crippen LogP contribution in [0.3, 0.4) is 0 Å². The summed E-state index contributed by atoms with van der Waals surface area (Å²) in [6, 6.07) is 10.3. The molecular formula is C20H26IN5S2. The molecule has 150 valence electrons. The lowest BCUT2D eigenvalue weighted by Crippen LogP contribution is -2.38. The minimum Gasteiger partial charge on any atom is -0.357 e. The van der Waals surface area contributed by atoms with E-state index in [-0.39, 0.29) is 24.0 Å². The predicted octanol–water partition coefficient (Wildman–Crippen LogP) is 4.80. The highest BCUT2D eigenvalue weighted by molar-refractivity contribution is 14.0. The van der Waals surface area contributed by atoms with Crippen molar-refractivity contribution in [3.05, 3.63) is 57.0 Å². The summed E-state index contributed by atoms with van der Waals surface area (Å²) in [6.45, 7) is 8.45. The molecule has 0 aliphatic rings. The van der Waals surface area contributed by atoms with E-state index in [9.17, 15) is 0 Å².